The summed E-state index contributed by atoms with van der Waals surface area (Å²) in [5, 5.41) is 11.1. The number of anilines is 1. The first kappa shape index (κ1) is 14.1. The predicted octanol–water partition coefficient (Wildman–Crippen LogP) is 4.11. The number of hydrogen-bond donors (Lipinski definition) is 0. The minimum atomic E-state index is -0.548. The molecule has 0 aromatic heterocycles. The monoisotopic (exact) mass is 292 g/mol. The smallest absolute Gasteiger partial charge is 0.329 e. The first-order chi connectivity index (χ1) is 9.49. The van der Waals surface area contributed by atoms with E-state index in [9.17, 15) is 10.1 Å². The van der Waals surface area contributed by atoms with Crippen molar-refractivity contribution < 1.29 is 9.66 Å². The quantitative estimate of drug-likeness (QED) is 0.628. The molecule has 2 aromatic rings. The zero-order chi connectivity index (χ0) is 14.7. The van der Waals surface area contributed by atoms with Crippen LogP contribution in [0.25, 0.3) is 0 Å². The standard InChI is InChI=1S/C14H13ClN2O3/c1-16(2)10-5-3-6-11(9-10)20-13-8-4-7-12(15)14(13)17(18)19/h3-9H,1-2H3. The molecule has 0 N–H and O–H groups in total. The maximum Gasteiger partial charge on any atom is 0.329 e. The van der Waals surface area contributed by atoms with Gasteiger partial charge >= 0.3 is 5.69 Å². The lowest BCUT2D eigenvalue weighted by Gasteiger charge is -2.14. The van der Waals surface area contributed by atoms with E-state index in [0.717, 1.165) is 5.69 Å². The molecule has 0 aliphatic rings. The molecular formula is C14H13ClN2O3. The molecule has 2 rings (SSSR count). The molecule has 20 heavy (non-hydrogen) atoms. The van der Waals surface area contributed by atoms with Crippen LogP contribution in [0, 0.1) is 10.1 Å². The molecule has 0 spiro atoms. The molecule has 0 saturated heterocycles. The Morgan fingerprint density at radius 2 is 1.90 bits per heavy atom. The van der Waals surface area contributed by atoms with Crippen LogP contribution in [0.4, 0.5) is 11.4 Å². The number of rotatable bonds is 4. The molecule has 0 bridgehead atoms. The highest BCUT2D eigenvalue weighted by molar-refractivity contribution is 6.32. The van der Waals surface area contributed by atoms with Gasteiger partial charge in [0, 0.05) is 25.8 Å². The molecule has 5 nitrogen and oxygen atoms in total. The fourth-order valence-corrected chi connectivity index (χ4v) is 1.94. The summed E-state index contributed by atoms with van der Waals surface area (Å²) in [6, 6.07) is 11.9. The second kappa shape index (κ2) is 5.79. The molecule has 0 atom stereocenters. The van der Waals surface area contributed by atoms with E-state index in [2.05, 4.69) is 0 Å². The van der Waals surface area contributed by atoms with Gasteiger partial charge in [0.2, 0.25) is 5.75 Å². The van der Waals surface area contributed by atoms with E-state index >= 15 is 0 Å². The zero-order valence-corrected chi connectivity index (χ0v) is 11.8. The Kier molecular flexibility index (Phi) is 4.10. The Labute approximate surface area is 121 Å². The van der Waals surface area contributed by atoms with Crippen LogP contribution in [-0.4, -0.2) is 19.0 Å². The summed E-state index contributed by atoms with van der Waals surface area (Å²) in [7, 11) is 3.81. The third kappa shape index (κ3) is 3.00. The van der Waals surface area contributed by atoms with Gasteiger partial charge in [0.25, 0.3) is 0 Å². The largest absolute Gasteiger partial charge is 0.450 e. The highest BCUT2D eigenvalue weighted by atomic mass is 35.5. The summed E-state index contributed by atoms with van der Waals surface area (Å²) < 4.78 is 5.59. The van der Waals surface area contributed by atoms with Crippen LogP contribution in [0.3, 0.4) is 0 Å². The maximum absolute atomic E-state index is 11.0. The minimum absolute atomic E-state index is 0.0521. The lowest BCUT2D eigenvalue weighted by molar-refractivity contribution is -0.385. The van der Waals surface area contributed by atoms with Gasteiger partial charge in [0.05, 0.1) is 4.92 Å². The summed E-state index contributed by atoms with van der Waals surface area (Å²) in [5.74, 6) is 0.639. The number of ether oxygens (including phenoxy) is 1. The lowest BCUT2D eigenvalue weighted by Crippen LogP contribution is -2.08. The van der Waals surface area contributed by atoms with Crippen molar-refractivity contribution in [3.63, 3.8) is 0 Å². The van der Waals surface area contributed by atoms with Crippen molar-refractivity contribution in [2.24, 2.45) is 0 Å². The van der Waals surface area contributed by atoms with Gasteiger partial charge in [-0.05, 0) is 24.3 Å². The van der Waals surface area contributed by atoms with Crippen molar-refractivity contribution in [2.45, 2.75) is 0 Å². The van der Waals surface area contributed by atoms with Gasteiger partial charge in [-0.25, -0.2) is 0 Å². The number of nitro benzene ring substituents is 1. The number of nitro groups is 1. The summed E-state index contributed by atoms with van der Waals surface area (Å²) in [4.78, 5) is 12.4. The van der Waals surface area contributed by atoms with Crippen LogP contribution in [0.5, 0.6) is 11.5 Å². The lowest BCUT2D eigenvalue weighted by atomic mass is 10.2. The fourth-order valence-electron chi connectivity index (χ4n) is 1.71. The Hall–Kier alpha value is -2.27. The minimum Gasteiger partial charge on any atom is -0.450 e. The van der Waals surface area contributed by atoms with Crippen molar-refractivity contribution in [1.82, 2.24) is 0 Å². The molecule has 0 heterocycles. The molecule has 0 radical (unpaired) electrons. The predicted molar refractivity (Wildman–Crippen MR) is 78.9 cm³/mol. The van der Waals surface area contributed by atoms with E-state index < -0.39 is 4.92 Å². The third-order valence-electron chi connectivity index (χ3n) is 2.69. The molecule has 6 heteroatoms. The number of halogens is 1. The summed E-state index contributed by atoms with van der Waals surface area (Å²) in [6.07, 6.45) is 0. The van der Waals surface area contributed by atoms with Crippen molar-refractivity contribution in [3.8, 4) is 11.5 Å². The van der Waals surface area contributed by atoms with Gasteiger partial charge in [-0.3, -0.25) is 10.1 Å². The molecule has 0 saturated carbocycles. The highest BCUT2D eigenvalue weighted by Crippen LogP contribution is 2.37. The number of nitrogens with zero attached hydrogens (tertiary/aromatic N) is 2. The van der Waals surface area contributed by atoms with Gasteiger partial charge < -0.3 is 9.64 Å². The van der Waals surface area contributed by atoms with Crippen LogP contribution in [0.15, 0.2) is 42.5 Å². The molecule has 0 amide bonds. The summed E-state index contributed by atoms with van der Waals surface area (Å²) in [5.41, 5.74) is 0.705. The Bertz CT molecular complexity index is 644. The van der Waals surface area contributed by atoms with E-state index in [4.69, 9.17) is 16.3 Å². The molecule has 104 valence electrons. The van der Waals surface area contributed by atoms with Crippen LogP contribution >= 0.6 is 11.6 Å². The SMILES string of the molecule is CN(C)c1cccc(Oc2cccc(Cl)c2[N+](=O)[O-])c1. The van der Waals surface area contributed by atoms with Crippen LogP contribution in [0.2, 0.25) is 5.02 Å². The maximum atomic E-state index is 11.0. The number of benzene rings is 2. The van der Waals surface area contributed by atoms with Crippen molar-refractivity contribution in [3.05, 3.63) is 57.6 Å². The van der Waals surface area contributed by atoms with E-state index in [1.165, 1.54) is 12.1 Å². The van der Waals surface area contributed by atoms with Gasteiger partial charge in [-0.1, -0.05) is 23.7 Å². The van der Waals surface area contributed by atoms with E-state index in [1.54, 1.807) is 18.2 Å². The third-order valence-corrected chi connectivity index (χ3v) is 3.00. The van der Waals surface area contributed by atoms with E-state index in [1.807, 2.05) is 31.1 Å². The zero-order valence-electron chi connectivity index (χ0n) is 11.0. The van der Waals surface area contributed by atoms with Crippen molar-refractivity contribution in [2.75, 3.05) is 19.0 Å². The van der Waals surface area contributed by atoms with Gasteiger partial charge in [0.15, 0.2) is 0 Å². The second-order valence-corrected chi connectivity index (χ2v) is 4.74. The van der Waals surface area contributed by atoms with Gasteiger partial charge in [-0.2, -0.15) is 0 Å². The van der Waals surface area contributed by atoms with Gasteiger partial charge in [-0.15, -0.1) is 0 Å². The topological polar surface area (TPSA) is 55.6 Å². The van der Waals surface area contributed by atoms with Crippen LogP contribution < -0.4 is 9.64 Å². The molecule has 0 unspecified atom stereocenters. The second-order valence-electron chi connectivity index (χ2n) is 4.34. The Morgan fingerprint density at radius 1 is 1.20 bits per heavy atom. The highest BCUT2D eigenvalue weighted by Gasteiger charge is 2.20. The normalized spacial score (nSPS) is 10.2. The number of para-hydroxylation sites is 1. The molecular weight excluding hydrogens is 280 g/mol. The van der Waals surface area contributed by atoms with E-state index in [-0.39, 0.29) is 16.5 Å². The average molecular weight is 293 g/mol. The number of hydrogen-bond acceptors (Lipinski definition) is 4. The fraction of sp³-hybridized carbons (Fsp3) is 0.143. The van der Waals surface area contributed by atoms with Gasteiger partial charge in [0.1, 0.15) is 10.8 Å². The Balaban J connectivity index is 2.38. The van der Waals surface area contributed by atoms with E-state index in [0.29, 0.717) is 5.75 Å². The summed E-state index contributed by atoms with van der Waals surface area (Å²) >= 11 is 5.84. The van der Waals surface area contributed by atoms with Crippen LogP contribution in [0.1, 0.15) is 0 Å². The first-order valence-corrected chi connectivity index (χ1v) is 6.25. The molecule has 2 aromatic carbocycles. The van der Waals surface area contributed by atoms with Crippen molar-refractivity contribution >= 4 is 23.0 Å². The Morgan fingerprint density at radius 3 is 2.55 bits per heavy atom. The first-order valence-electron chi connectivity index (χ1n) is 5.87. The van der Waals surface area contributed by atoms with Crippen LogP contribution in [-0.2, 0) is 0 Å². The average Bonchev–Trinajstić information content (AvgIpc) is 2.38. The molecule has 0 aliphatic heterocycles. The molecule has 0 fully saturated rings. The molecule has 0 aliphatic carbocycles. The summed E-state index contributed by atoms with van der Waals surface area (Å²) in [6.45, 7) is 0. The van der Waals surface area contributed by atoms with Crippen molar-refractivity contribution in [1.29, 1.82) is 0 Å².